The fourth-order valence-corrected chi connectivity index (χ4v) is 1.84. The van der Waals surface area contributed by atoms with Gasteiger partial charge in [0.15, 0.2) is 0 Å². The second kappa shape index (κ2) is 4.33. The Hall–Kier alpha value is -1.62. The molecule has 3 amide bonds. The molecule has 1 aliphatic rings. The van der Waals surface area contributed by atoms with Crippen LogP contribution in [0.25, 0.3) is 0 Å². The van der Waals surface area contributed by atoms with Crippen LogP contribution < -0.4 is 4.90 Å². The highest BCUT2D eigenvalue weighted by molar-refractivity contribution is 6.30. The number of rotatable bonds is 1. The van der Waals surface area contributed by atoms with Gasteiger partial charge in [-0.1, -0.05) is 11.6 Å². The number of anilines is 1. The van der Waals surface area contributed by atoms with Gasteiger partial charge in [-0.15, -0.1) is 0 Å². The highest BCUT2D eigenvalue weighted by Gasteiger charge is 2.32. The maximum atomic E-state index is 13.3. The van der Waals surface area contributed by atoms with Gasteiger partial charge in [-0.3, -0.25) is 14.6 Å². The van der Waals surface area contributed by atoms with Crippen molar-refractivity contribution in [3.63, 3.8) is 0 Å². The van der Waals surface area contributed by atoms with Crippen molar-refractivity contribution in [3.8, 4) is 0 Å². The first-order valence-electron chi connectivity index (χ1n) is 5.05. The smallest absolute Gasteiger partial charge is 0.292 e. The molecule has 0 atom stereocenters. The third-order valence-corrected chi connectivity index (χ3v) is 2.91. The predicted molar refractivity (Wildman–Crippen MR) is 61.5 cm³/mol. The molecule has 0 aliphatic carbocycles. The zero-order valence-electron chi connectivity index (χ0n) is 9.11. The number of carbonyl (C=O) groups is 2. The van der Waals surface area contributed by atoms with Gasteiger partial charge >= 0.3 is 6.03 Å². The molecule has 6 heteroatoms. The Bertz CT molecular complexity index is 492. The first-order chi connectivity index (χ1) is 8.00. The van der Waals surface area contributed by atoms with E-state index in [0.29, 0.717) is 18.8 Å². The Labute approximate surface area is 103 Å². The van der Waals surface area contributed by atoms with Crippen molar-refractivity contribution in [2.45, 2.75) is 6.92 Å². The molecule has 1 aromatic rings. The molecule has 0 radical (unpaired) electrons. The summed E-state index contributed by atoms with van der Waals surface area (Å²) in [5.74, 6) is -0.898. The summed E-state index contributed by atoms with van der Waals surface area (Å²) in [7, 11) is 0. The first-order valence-corrected chi connectivity index (χ1v) is 5.43. The van der Waals surface area contributed by atoms with E-state index in [2.05, 4.69) is 0 Å². The van der Waals surface area contributed by atoms with Crippen LogP contribution in [0.4, 0.5) is 14.9 Å². The maximum Gasteiger partial charge on any atom is 0.331 e. The number of amides is 3. The topological polar surface area (TPSA) is 40.6 Å². The highest BCUT2D eigenvalue weighted by Crippen LogP contribution is 2.24. The van der Waals surface area contributed by atoms with E-state index in [1.165, 1.54) is 24.0 Å². The minimum atomic E-state index is -0.585. The van der Waals surface area contributed by atoms with E-state index in [0.717, 1.165) is 4.90 Å². The van der Waals surface area contributed by atoms with Crippen LogP contribution in [-0.2, 0) is 4.79 Å². The molecule has 0 saturated carbocycles. The number of halogens is 2. The SMILES string of the molecule is CC(=O)N1CCN(c2ccc(Cl)c(F)c2)C1=O. The third-order valence-electron chi connectivity index (χ3n) is 2.60. The monoisotopic (exact) mass is 256 g/mol. The second-order valence-corrected chi connectivity index (χ2v) is 4.11. The summed E-state index contributed by atoms with van der Waals surface area (Å²) in [5, 5.41) is 0.00354. The zero-order valence-corrected chi connectivity index (χ0v) is 9.87. The molecule has 1 aliphatic heterocycles. The van der Waals surface area contributed by atoms with Crippen LogP contribution in [0.1, 0.15) is 6.92 Å². The zero-order chi connectivity index (χ0) is 12.6. The highest BCUT2D eigenvalue weighted by atomic mass is 35.5. The normalized spacial score (nSPS) is 15.6. The van der Waals surface area contributed by atoms with Crippen molar-refractivity contribution < 1.29 is 14.0 Å². The van der Waals surface area contributed by atoms with Crippen molar-refractivity contribution in [3.05, 3.63) is 29.0 Å². The molecule has 1 saturated heterocycles. The number of nitrogens with zero attached hydrogens (tertiary/aromatic N) is 2. The fourth-order valence-electron chi connectivity index (χ4n) is 1.72. The Morgan fingerprint density at radius 1 is 1.41 bits per heavy atom. The average Bonchev–Trinajstić information content (AvgIpc) is 2.64. The molecule has 90 valence electrons. The number of urea groups is 1. The molecule has 0 unspecified atom stereocenters. The molecule has 1 aromatic carbocycles. The summed E-state index contributed by atoms with van der Waals surface area (Å²) in [4.78, 5) is 25.4. The minimum Gasteiger partial charge on any atom is -0.292 e. The van der Waals surface area contributed by atoms with E-state index < -0.39 is 11.8 Å². The Kier molecular flexibility index (Phi) is 3.02. The number of imide groups is 1. The Balaban J connectivity index is 2.27. The van der Waals surface area contributed by atoms with Crippen molar-refractivity contribution in [2.75, 3.05) is 18.0 Å². The van der Waals surface area contributed by atoms with Gasteiger partial charge in [0.2, 0.25) is 5.91 Å². The average molecular weight is 257 g/mol. The van der Waals surface area contributed by atoms with Gasteiger partial charge < -0.3 is 0 Å². The van der Waals surface area contributed by atoms with E-state index in [-0.39, 0.29) is 10.9 Å². The van der Waals surface area contributed by atoms with Crippen LogP contribution in [-0.4, -0.2) is 29.9 Å². The lowest BCUT2D eigenvalue weighted by Crippen LogP contribution is -2.34. The molecule has 17 heavy (non-hydrogen) atoms. The van der Waals surface area contributed by atoms with Crippen LogP contribution in [0.3, 0.4) is 0 Å². The summed E-state index contributed by atoms with van der Waals surface area (Å²) in [5.41, 5.74) is 0.403. The van der Waals surface area contributed by atoms with Crippen LogP contribution in [0.15, 0.2) is 18.2 Å². The van der Waals surface area contributed by atoms with Crippen LogP contribution in [0, 0.1) is 5.82 Å². The van der Waals surface area contributed by atoms with Gasteiger partial charge in [0, 0.05) is 25.7 Å². The van der Waals surface area contributed by atoms with E-state index in [1.54, 1.807) is 6.07 Å². The summed E-state index contributed by atoms with van der Waals surface area (Å²) in [6.45, 7) is 2.00. The Morgan fingerprint density at radius 2 is 2.12 bits per heavy atom. The second-order valence-electron chi connectivity index (χ2n) is 3.70. The first kappa shape index (κ1) is 11.9. The molecule has 1 fully saturated rings. The Morgan fingerprint density at radius 3 is 2.65 bits per heavy atom. The van der Waals surface area contributed by atoms with Crippen molar-refractivity contribution in [2.24, 2.45) is 0 Å². The lowest BCUT2D eigenvalue weighted by Gasteiger charge is -2.16. The van der Waals surface area contributed by atoms with Crippen molar-refractivity contribution in [1.29, 1.82) is 0 Å². The summed E-state index contributed by atoms with van der Waals surface area (Å²) >= 11 is 5.56. The molecule has 0 spiro atoms. The van der Waals surface area contributed by atoms with Crippen molar-refractivity contribution in [1.82, 2.24) is 4.90 Å². The maximum absolute atomic E-state index is 13.3. The molecule has 0 N–H and O–H groups in total. The predicted octanol–water partition coefficient (Wildman–Crippen LogP) is 2.27. The standard InChI is InChI=1S/C11H10ClFN2O2/c1-7(16)14-4-5-15(11(14)17)8-2-3-9(12)10(13)6-8/h2-3,6H,4-5H2,1H3. The van der Waals surface area contributed by atoms with E-state index in [1.807, 2.05) is 0 Å². The molecule has 0 bridgehead atoms. The number of hydrogen-bond donors (Lipinski definition) is 0. The molecular weight excluding hydrogens is 247 g/mol. The molecular formula is C11H10ClFN2O2. The van der Waals surface area contributed by atoms with Crippen LogP contribution in [0.5, 0.6) is 0 Å². The number of hydrogen-bond acceptors (Lipinski definition) is 2. The van der Waals surface area contributed by atoms with E-state index >= 15 is 0 Å². The van der Waals surface area contributed by atoms with Gasteiger partial charge in [0.1, 0.15) is 5.82 Å². The van der Waals surface area contributed by atoms with Gasteiger partial charge in [0.05, 0.1) is 5.02 Å². The molecule has 1 heterocycles. The lowest BCUT2D eigenvalue weighted by atomic mass is 10.3. The minimum absolute atomic E-state index is 0.00354. The van der Waals surface area contributed by atoms with Gasteiger partial charge in [-0.05, 0) is 18.2 Å². The fraction of sp³-hybridized carbons (Fsp3) is 0.273. The third kappa shape index (κ3) is 2.10. The number of benzene rings is 1. The molecule has 4 nitrogen and oxygen atoms in total. The van der Waals surface area contributed by atoms with Crippen molar-refractivity contribution >= 4 is 29.2 Å². The van der Waals surface area contributed by atoms with Gasteiger partial charge in [-0.25, -0.2) is 9.18 Å². The summed E-state index contributed by atoms with van der Waals surface area (Å²) in [6, 6.07) is 3.69. The summed E-state index contributed by atoms with van der Waals surface area (Å²) in [6.07, 6.45) is 0. The van der Waals surface area contributed by atoms with Gasteiger partial charge in [-0.2, -0.15) is 0 Å². The van der Waals surface area contributed by atoms with E-state index in [4.69, 9.17) is 11.6 Å². The van der Waals surface area contributed by atoms with Gasteiger partial charge in [0.25, 0.3) is 0 Å². The molecule has 0 aromatic heterocycles. The molecule has 2 rings (SSSR count). The number of carbonyl (C=O) groups excluding carboxylic acids is 2. The summed E-state index contributed by atoms with van der Waals surface area (Å²) < 4.78 is 13.3. The van der Waals surface area contributed by atoms with Crippen LogP contribution in [0.2, 0.25) is 5.02 Å². The quantitative estimate of drug-likeness (QED) is 0.773. The van der Waals surface area contributed by atoms with Crippen LogP contribution >= 0.6 is 11.6 Å². The van der Waals surface area contributed by atoms with E-state index in [9.17, 15) is 14.0 Å². The largest absolute Gasteiger partial charge is 0.331 e. The lowest BCUT2D eigenvalue weighted by molar-refractivity contribution is -0.125.